The molecule has 2 rings (SSSR count). The van der Waals surface area contributed by atoms with E-state index in [2.05, 4.69) is 21.2 Å². The lowest BCUT2D eigenvalue weighted by molar-refractivity contribution is 0.0948. The molecule has 2 aromatic carbocycles. The fraction of sp³-hybridized carbons (Fsp3) is 0.133. The number of rotatable bonds is 4. The van der Waals surface area contributed by atoms with Crippen molar-refractivity contribution in [2.75, 3.05) is 7.11 Å². The summed E-state index contributed by atoms with van der Waals surface area (Å²) in [6.45, 7) is 0.471. The van der Waals surface area contributed by atoms with Crippen molar-refractivity contribution in [1.82, 2.24) is 5.32 Å². The Balaban J connectivity index is 2.08. The SMILES string of the molecule is COc1ccccc1C(=O)NCc1ccccc1Br. The van der Waals surface area contributed by atoms with Crippen LogP contribution in [0.15, 0.2) is 53.0 Å². The Kier molecular flexibility index (Phi) is 4.58. The van der Waals surface area contributed by atoms with Crippen LogP contribution >= 0.6 is 15.9 Å². The Morgan fingerprint density at radius 3 is 2.58 bits per heavy atom. The molecule has 0 saturated carbocycles. The minimum Gasteiger partial charge on any atom is -0.496 e. The number of carbonyl (C=O) groups excluding carboxylic acids is 1. The number of benzene rings is 2. The summed E-state index contributed by atoms with van der Waals surface area (Å²) in [6, 6.07) is 15.0. The molecule has 0 saturated heterocycles. The fourth-order valence-corrected chi connectivity index (χ4v) is 2.17. The number of ether oxygens (including phenoxy) is 1. The van der Waals surface area contributed by atoms with Crippen LogP contribution in [0.25, 0.3) is 0 Å². The minimum atomic E-state index is -0.145. The molecule has 0 aliphatic heterocycles. The number of nitrogens with one attached hydrogen (secondary N) is 1. The number of amides is 1. The van der Waals surface area contributed by atoms with Crippen molar-refractivity contribution < 1.29 is 9.53 Å². The van der Waals surface area contributed by atoms with Crippen molar-refractivity contribution in [2.45, 2.75) is 6.54 Å². The molecule has 0 aliphatic carbocycles. The van der Waals surface area contributed by atoms with Crippen LogP contribution in [0.5, 0.6) is 5.75 Å². The van der Waals surface area contributed by atoms with Crippen LogP contribution in [0, 0.1) is 0 Å². The maximum Gasteiger partial charge on any atom is 0.255 e. The molecule has 2 aromatic rings. The van der Waals surface area contributed by atoms with Crippen LogP contribution in [0.2, 0.25) is 0 Å². The van der Waals surface area contributed by atoms with E-state index in [1.54, 1.807) is 19.2 Å². The average Bonchev–Trinajstić information content (AvgIpc) is 2.46. The topological polar surface area (TPSA) is 38.3 Å². The summed E-state index contributed by atoms with van der Waals surface area (Å²) in [6.07, 6.45) is 0. The third-order valence-electron chi connectivity index (χ3n) is 2.75. The molecule has 4 heteroatoms. The van der Waals surface area contributed by atoms with Crippen LogP contribution < -0.4 is 10.1 Å². The first-order valence-electron chi connectivity index (χ1n) is 5.87. The predicted molar refractivity (Wildman–Crippen MR) is 78.3 cm³/mol. The summed E-state index contributed by atoms with van der Waals surface area (Å²) in [4.78, 5) is 12.1. The molecule has 0 aliphatic rings. The van der Waals surface area contributed by atoms with Gasteiger partial charge in [-0.05, 0) is 23.8 Å². The van der Waals surface area contributed by atoms with E-state index in [0.29, 0.717) is 17.9 Å². The van der Waals surface area contributed by atoms with Crippen LogP contribution in [0.4, 0.5) is 0 Å². The molecule has 0 bridgehead atoms. The molecular formula is C15H14BrNO2. The van der Waals surface area contributed by atoms with Crippen molar-refractivity contribution >= 4 is 21.8 Å². The van der Waals surface area contributed by atoms with E-state index >= 15 is 0 Å². The van der Waals surface area contributed by atoms with E-state index in [9.17, 15) is 4.79 Å². The van der Waals surface area contributed by atoms with Crippen molar-refractivity contribution in [3.8, 4) is 5.75 Å². The first kappa shape index (κ1) is 13.6. The molecule has 3 nitrogen and oxygen atoms in total. The van der Waals surface area contributed by atoms with Gasteiger partial charge in [-0.15, -0.1) is 0 Å². The number of halogens is 1. The second kappa shape index (κ2) is 6.38. The van der Waals surface area contributed by atoms with Crippen LogP contribution in [-0.4, -0.2) is 13.0 Å². The Morgan fingerprint density at radius 2 is 1.84 bits per heavy atom. The summed E-state index contributed by atoms with van der Waals surface area (Å²) in [5.74, 6) is 0.431. The largest absolute Gasteiger partial charge is 0.496 e. The number of carbonyl (C=O) groups is 1. The van der Waals surface area contributed by atoms with Gasteiger partial charge in [-0.2, -0.15) is 0 Å². The monoisotopic (exact) mass is 319 g/mol. The summed E-state index contributed by atoms with van der Waals surface area (Å²) in [7, 11) is 1.56. The van der Waals surface area contributed by atoms with E-state index in [1.165, 1.54) is 0 Å². The van der Waals surface area contributed by atoms with Gasteiger partial charge in [-0.1, -0.05) is 46.3 Å². The molecule has 0 atom stereocenters. The molecule has 98 valence electrons. The van der Waals surface area contributed by atoms with Crippen LogP contribution in [0.1, 0.15) is 15.9 Å². The lowest BCUT2D eigenvalue weighted by Crippen LogP contribution is -2.23. The normalized spacial score (nSPS) is 10.0. The van der Waals surface area contributed by atoms with E-state index in [4.69, 9.17) is 4.74 Å². The van der Waals surface area contributed by atoms with Gasteiger partial charge in [0.15, 0.2) is 0 Å². The molecule has 0 unspecified atom stereocenters. The van der Waals surface area contributed by atoms with Crippen molar-refractivity contribution in [3.63, 3.8) is 0 Å². The Morgan fingerprint density at radius 1 is 1.16 bits per heavy atom. The molecular weight excluding hydrogens is 306 g/mol. The first-order valence-corrected chi connectivity index (χ1v) is 6.66. The Hall–Kier alpha value is -1.81. The van der Waals surface area contributed by atoms with Gasteiger partial charge < -0.3 is 10.1 Å². The van der Waals surface area contributed by atoms with Gasteiger partial charge in [0.2, 0.25) is 0 Å². The lowest BCUT2D eigenvalue weighted by Gasteiger charge is -2.09. The lowest BCUT2D eigenvalue weighted by atomic mass is 10.1. The third-order valence-corrected chi connectivity index (χ3v) is 3.52. The maximum absolute atomic E-state index is 12.1. The van der Waals surface area contributed by atoms with E-state index in [-0.39, 0.29) is 5.91 Å². The Bertz CT molecular complexity index is 584. The summed E-state index contributed by atoms with van der Waals surface area (Å²) < 4.78 is 6.15. The first-order chi connectivity index (χ1) is 9.22. The van der Waals surface area contributed by atoms with Gasteiger partial charge in [0.25, 0.3) is 5.91 Å². The highest BCUT2D eigenvalue weighted by Gasteiger charge is 2.11. The minimum absolute atomic E-state index is 0.145. The molecule has 0 spiro atoms. The van der Waals surface area contributed by atoms with Crippen LogP contribution in [-0.2, 0) is 6.54 Å². The quantitative estimate of drug-likeness (QED) is 0.938. The van der Waals surface area contributed by atoms with E-state index < -0.39 is 0 Å². The molecule has 0 heterocycles. The number of methoxy groups -OCH3 is 1. The third kappa shape index (κ3) is 3.35. The van der Waals surface area contributed by atoms with Crippen molar-refractivity contribution in [3.05, 3.63) is 64.1 Å². The van der Waals surface area contributed by atoms with Gasteiger partial charge in [-0.25, -0.2) is 0 Å². The predicted octanol–water partition coefficient (Wildman–Crippen LogP) is 3.39. The van der Waals surface area contributed by atoms with E-state index in [1.807, 2.05) is 36.4 Å². The highest BCUT2D eigenvalue weighted by Crippen LogP contribution is 2.18. The average molecular weight is 320 g/mol. The van der Waals surface area contributed by atoms with Gasteiger partial charge in [-0.3, -0.25) is 4.79 Å². The molecule has 0 aromatic heterocycles. The summed E-state index contributed by atoms with van der Waals surface area (Å²) >= 11 is 3.45. The Labute approximate surface area is 120 Å². The van der Waals surface area contributed by atoms with Gasteiger partial charge >= 0.3 is 0 Å². The van der Waals surface area contributed by atoms with Crippen molar-refractivity contribution in [1.29, 1.82) is 0 Å². The summed E-state index contributed by atoms with van der Waals surface area (Å²) in [5.41, 5.74) is 1.57. The highest BCUT2D eigenvalue weighted by atomic mass is 79.9. The molecule has 1 amide bonds. The zero-order chi connectivity index (χ0) is 13.7. The zero-order valence-corrected chi connectivity index (χ0v) is 12.1. The second-order valence-corrected chi connectivity index (χ2v) is 4.83. The van der Waals surface area contributed by atoms with Crippen LogP contribution in [0.3, 0.4) is 0 Å². The highest BCUT2D eigenvalue weighted by molar-refractivity contribution is 9.10. The maximum atomic E-state index is 12.1. The molecule has 0 fully saturated rings. The van der Waals surface area contributed by atoms with Gasteiger partial charge in [0, 0.05) is 11.0 Å². The number of hydrogen-bond acceptors (Lipinski definition) is 2. The molecule has 19 heavy (non-hydrogen) atoms. The fourth-order valence-electron chi connectivity index (χ4n) is 1.74. The molecule has 0 radical (unpaired) electrons. The standard InChI is InChI=1S/C15H14BrNO2/c1-19-14-9-5-3-7-12(14)15(18)17-10-11-6-2-4-8-13(11)16/h2-9H,10H2,1H3,(H,17,18). The zero-order valence-electron chi connectivity index (χ0n) is 10.5. The molecule has 1 N–H and O–H groups in total. The van der Waals surface area contributed by atoms with Gasteiger partial charge in [0.1, 0.15) is 5.75 Å². The second-order valence-electron chi connectivity index (χ2n) is 3.97. The summed E-state index contributed by atoms with van der Waals surface area (Å²) in [5, 5.41) is 2.88. The number of hydrogen-bond donors (Lipinski definition) is 1. The van der Waals surface area contributed by atoms with E-state index in [0.717, 1.165) is 10.0 Å². The smallest absolute Gasteiger partial charge is 0.255 e. The van der Waals surface area contributed by atoms with Gasteiger partial charge in [0.05, 0.1) is 12.7 Å². The number of para-hydroxylation sites is 1. The van der Waals surface area contributed by atoms with Crippen molar-refractivity contribution in [2.24, 2.45) is 0 Å².